The Morgan fingerprint density at radius 1 is 1.32 bits per heavy atom. The molecule has 3 aromatic heterocycles. The van der Waals surface area contributed by atoms with Gasteiger partial charge in [-0.1, -0.05) is 20.3 Å². The fourth-order valence-electron chi connectivity index (χ4n) is 3.78. The van der Waals surface area contributed by atoms with Crippen molar-refractivity contribution >= 4 is 16.9 Å². The number of fused-ring (bicyclic) bond motifs is 1. The Labute approximate surface area is 147 Å². The smallest absolute Gasteiger partial charge is 0.181 e. The van der Waals surface area contributed by atoms with Gasteiger partial charge < -0.3 is 4.90 Å². The monoisotopic (exact) mass is 341 g/mol. The molecule has 3 aromatic rings. The number of pyridine rings is 2. The van der Waals surface area contributed by atoms with E-state index in [4.69, 9.17) is 0 Å². The number of nitrogens with zero attached hydrogens (tertiary/aromatic N) is 4. The van der Waals surface area contributed by atoms with Gasteiger partial charge >= 0.3 is 0 Å². The number of anilines is 1. The standard InChI is InChI=1S/C19H22FN5.H2/c1-3-5-13-11-25(10-12(13)2)16-8-7-15(20)18(22-16)17-14-6-4-9-21-19(14)24-23-17;/h4,6-9,12-13H,3,5,10-11H2,1-2H3,(H,21,23,24);1H/t12-,13+;/m1./s1. The predicted octanol–water partition coefficient (Wildman–Crippen LogP) is 4.28. The van der Waals surface area contributed by atoms with Gasteiger partial charge in [-0.3, -0.25) is 5.10 Å². The van der Waals surface area contributed by atoms with E-state index >= 15 is 0 Å². The first-order chi connectivity index (χ1) is 12.2. The van der Waals surface area contributed by atoms with Gasteiger partial charge in [0.15, 0.2) is 11.5 Å². The highest BCUT2D eigenvalue weighted by Gasteiger charge is 2.30. The minimum absolute atomic E-state index is 0. The molecule has 25 heavy (non-hydrogen) atoms. The predicted molar refractivity (Wildman–Crippen MR) is 99.0 cm³/mol. The van der Waals surface area contributed by atoms with Crippen LogP contribution in [-0.4, -0.2) is 33.3 Å². The molecule has 1 saturated heterocycles. The first-order valence-electron chi connectivity index (χ1n) is 8.88. The zero-order valence-electron chi connectivity index (χ0n) is 14.5. The zero-order valence-corrected chi connectivity index (χ0v) is 14.5. The normalized spacial score (nSPS) is 20.5. The average Bonchev–Trinajstić information content (AvgIpc) is 3.20. The number of aromatic nitrogens is 4. The quantitative estimate of drug-likeness (QED) is 0.769. The van der Waals surface area contributed by atoms with Gasteiger partial charge in [-0.05, 0) is 42.5 Å². The van der Waals surface area contributed by atoms with E-state index in [1.807, 2.05) is 12.1 Å². The van der Waals surface area contributed by atoms with Crippen LogP contribution >= 0.6 is 0 Å². The van der Waals surface area contributed by atoms with Crippen molar-refractivity contribution in [1.82, 2.24) is 20.2 Å². The lowest BCUT2D eigenvalue weighted by molar-refractivity contribution is 0.418. The maximum atomic E-state index is 14.5. The SMILES string of the molecule is CCC[C@H]1CN(c2ccc(F)c(-c3[nH]nc4ncccc34)n2)C[C@H]1C.[HH]. The van der Waals surface area contributed by atoms with Crippen LogP contribution in [0.5, 0.6) is 0 Å². The highest BCUT2D eigenvalue weighted by Crippen LogP contribution is 2.32. The minimum Gasteiger partial charge on any atom is -0.356 e. The summed E-state index contributed by atoms with van der Waals surface area (Å²) in [6, 6.07) is 6.97. The van der Waals surface area contributed by atoms with Crippen molar-refractivity contribution in [2.75, 3.05) is 18.0 Å². The van der Waals surface area contributed by atoms with Crippen molar-refractivity contribution in [3.63, 3.8) is 0 Å². The summed E-state index contributed by atoms with van der Waals surface area (Å²) >= 11 is 0. The molecule has 5 nitrogen and oxygen atoms in total. The van der Waals surface area contributed by atoms with Crippen molar-refractivity contribution in [2.24, 2.45) is 11.8 Å². The van der Waals surface area contributed by atoms with Gasteiger partial charge in [-0.25, -0.2) is 14.4 Å². The first-order valence-corrected chi connectivity index (χ1v) is 8.88. The van der Waals surface area contributed by atoms with Crippen LogP contribution in [-0.2, 0) is 0 Å². The lowest BCUT2D eigenvalue weighted by Gasteiger charge is -2.18. The second kappa shape index (κ2) is 6.43. The van der Waals surface area contributed by atoms with E-state index in [0.717, 1.165) is 24.3 Å². The van der Waals surface area contributed by atoms with E-state index in [2.05, 4.69) is 38.9 Å². The van der Waals surface area contributed by atoms with E-state index in [9.17, 15) is 4.39 Å². The molecule has 0 aromatic carbocycles. The molecule has 0 saturated carbocycles. The molecule has 0 aliphatic carbocycles. The Morgan fingerprint density at radius 2 is 2.20 bits per heavy atom. The molecule has 1 aliphatic rings. The van der Waals surface area contributed by atoms with Crippen LogP contribution in [0.1, 0.15) is 28.1 Å². The highest BCUT2D eigenvalue weighted by atomic mass is 19.1. The van der Waals surface area contributed by atoms with E-state index in [0.29, 0.717) is 28.9 Å². The summed E-state index contributed by atoms with van der Waals surface area (Å²) < 4.78 is 14.5. The molecule has 0 radical (unpaired) electrons. The Morgan fingerprint density at radius 3 is 3.04 bits per heavy atom. The van der Waals surface area contributed by atoms with E-state index in [1.165, 1.54) is 18.9 Å². The van der Waals surface area contributed by atoms with Gasteiger partial charge in [-0.2, -0.15) is 5.10 Å². The maximum Gasteiger partial charge on any atom is 0.181 e. The molecule has 1 aliphatic heterocycles. The van der Waals surface area contributed by atoms with E-state index in [-0.39, 0.29) is 7.24 Å². The Kier molecular flexibility index (Phi) is 4.11. The molecular formula is C19H24FN5. The Balaban J connectivity index is 0.00000196. The fraction of sp³-hybridized carbons (Fsp3) is 0.421. The summed E-state index contributed by atoms with van der Waals surface area (Å²) in [4.78, 5) is 11.1. The number of aromatic amines is 1. The summed E-state index contributed by atoms with van der Waals surface area (Å²) in [7, 11) is 0. The molecule has 0 spiro atoms. The average molecular weight is 341 g/mol. The molecule has 1 fully saturated rings. The van der Waals surface area contributed by atoms with Crippen molar-refractivity contribution < 1.29 is 5.82 Å². The number of H-pyrrole nitrogens is 1. The third-order valence-electron chi connectivity index (χ3n) is 5.15. The molecule has 1 N–H and O–H groups in total. The molecule has 132 valence electrons. The summed E-state index contributed by atoms with van der Waals surface area (Å²) in [5.74, 6) is 1.79. The van der Waals surface area contributed by atoms with Crippen LogP contribution in [0.15, 0.2) is 30.5 Å². The number of hydrogen-bond donors (Lipinski definition) is 1. The van der Waals surface area contributed by atoms with Crippen molar-refractivity contribution in [1.29, 1.82) is 0 Å². The first kappa shape index (κ1) is 16.0. The lowest BCUT2D eigenvalue weighted by Crippen LogP contribution is -2.21. The van der Waals surface area contributed by atoms with Crippen molar-refractivity contribution in [2.45, 2.75) is 26.7 Å². The summed E-state index contributed by atoms with van der Waals surface area (Å²) in [5, 5.41) is 7.83. The van der Waals surface area contributed by atoms with Gasteiger partial charge in [0.25, 0.3) is 0 Å². The van der Waals surface area contributed by atoms with E-state index < -0.39 is 0 Å². The van der Waals surface area contributed by atoms with E-state index in [1.54, 1.807) is 12.3 Å². The van der Waals surface area contributed by atoms with Gasteiger partial charge in [0, 0.05) is 26.1 Å². The highest BCUT2D eigenvalue weighted by molar-refractivity contribution is 5.89. The molecule has 0 unspecified atom stereocenters. The van der Waals surface area contributed by atoms with Crippen LogP contribution in [0.3, 0.4) is 0 Å². The second-order valence-corrected chi connectivity index (χ2v) is 6.90. The molecule has 4 rings (SSSR count). The van der Waals surface area contributed by atoms with Crippen molar-refractivity contribution in [3.8, 4) is 11.4 Å². The number of halogens is 1. The third kappa shape index (κ3) is 2.86. The van der Waals surface area contributed by atoms with Crippen LogP contribution in [0.4, 0.5) is 10.2 Å². The molecule has 4 heterocycles. The van der Waals surface area contributed by atoms with Crippen LogP contribution in [0.2, 0.25) is 0 Å². The van der Waals surface area contributed by atoms with Gasteiger partial charge in [0.1, 0.15) is 11.5 Å². The maximum absolute atomic E-state index is 14.5. The summed E-state index contributed by atoms with van der Waals surface area (Å²) in [6.45, 7) is 6.46. The topological polar surface area (TPSA) is 57.7 Å². The van der Waals surface area contributed by atoms with Crippen LogP contribution < -0.4 is 4.90 Å². The zero-order chi connectivity index (χ0) is 17.4. The Hall–Kier alpha value is -2.50. The number of hydrogen-bond acceptors (Lipinski definition) is 4. The number of rotatable bonds is 4. The second-order valence-electron chi connectivity index (χ2n) is 6.90. The molecule has 0 amide bonds. The largest absolute Gasteiger partial charge is 0.356 e. The Bertz CT molecular complexity index is 897. The summed E-state index contributed by atoms with van der Waals surface area (Å²) in [5.41, 5.74) is 1.46. The van der Waals surface area contributed by atoms with Gasteiger partial charge in [-0.15, -0.1) is 0 Å². The van der Waals surface area contributed by atoms with Gasteiger partial charge in [0.05, 0.1) is 5.69 Å². The fourth-order valence-corrected chi connectivity index (χ4v) is 3.78. The number of nitrogens with one attached hydrogen (secondary N) is 1. The molecular weight excluding hydrogens is 317 g/mol. The minimum atomic E-state index is -0.351. The van der Waals surface area contributed by atoms with Crippen LogP contribution in [0.25, 0.3) is 22.4 Å². The van der Waals surface area contributed by atoms with Crippen molar-refractivity contribution in [3.05, 3.63) is 36.3 Å². The molecule has 6 heteroatoms. The third-order valence-corrected chi connectivity index (χ3v) is 5.15. The van der Waals surface area contributed by atoms with Crippen LogP contribution in [0, 0.1) is 17.7 Å². The lowest BCUT2D eigenvalue weighted by atomic mass is 9.94. The molecule has 2 atom stereocenters. The summed E-state index contributed by atoms with van der Waals surface area (Å²) in [6.07, 6.45) is 4.09. The molecule has 0 bridgehead atoms. The van der Waals surface area contributed by atoms with Gasteiger partial charge in [0.2, 0.25) is 0 Å².